The van der Waals surface area contributed by atoms with E-state index in [1.165, 1.54) is 13.2 Å². The van der Waals surface area contributed by atoms with E-state index in [4.69, 9.17) is 9.47 Å². The Balaban J connectivity index is 2.25. The van der Waals surface area contributed by atoms with Crippen molar-refractivity contribution < 1.29 is 18.8 Å². The number of rotatable bonds is 6. The van der Waals surface area contributed by atoms with Crippen LogP contribution in [0.25, 0.3) is 0 Å². The van der Waals surface area contributed by atoms with Gasteiger partial charge in [0.25, 0.3) is 5.69 Å². The van der Waals surface area contributed by atoms with Crippen LogP contribution in [0, 0.1) is 22.9 Å². The van der Waals surface area contributed by atoms with Crippen molar-refractivity contribution in [2.75, 3.05) is 19.5 Å². The van der Waals surface area contributed by atoms with Gasteiger partial charge in [0.1, 0.15) is 11.4 Å². The Labute approximate surface area is 133 Å². The van der Waals surface area contributed by atoms with E-state index in [0.717, 1.165) is 22.9 Å². The van der Waals surface area contributed by atoms with Crippen LogP contribution in [0.5, 0.6) is 11.5 Å². The highest BCUT2D eigenvalue weighted by Crippen LogP contribution is 2.32. The van der Waals surface area contributed by atoms with E-state index in [9.17, 15) is 14.5 Å². The topological polar surface area (TPSA) is 73.6 Å². The summed E-state index contributed by atoms with van der Waals surface area (Å²) in [6.07, 6.45) is 0. The zero-order valence-electron chi connectivity index (χ0n) is 13.1. The molecule has 2 rings (SSSR count). The molecule has 1 N–H and O–H groups in total. The number of hydrogen-bond donors (Lipinski definition) is 1. The number of anilines is 1. The van der Waals surface area contributed by atoms with Gasteiger partial charge in [-0.25, -0.2) is 4.39 Å². The first-order chi connectivity index (χ1) is 11.0. The minimum absolute atomic E-state index is 0.0518. The summed E-state index contributed by atoms with van der Waals surface area (Å²) in [6, 6.07) is 7.72. The van der Waals surface area contributed by atoms with Gasteiger partial charge in [-0.3, -0.25) is 10.1 Å². The van der Waals surface area contributed by atoms with Crippen LogP contribution in [-0.2, 0) is 6.54 Å². The summed E-state index contributed by atoms with van der Waals surface area (Å²) in [5.41, 5.74) is 1.73. The van der Waals surface area contributed by atoms with Gasteiger partial charge >= 0.3 is 0 Å². The Morgan fingerprint density at radius 1 is 1.17 bits per heavy atom. The van der Waals surface area contributed by atoms with Crippen LogP contribution in [0.15, 0.2) is 30.3 Å². The fraction of sp³-hybridized carbons (Fsp3) is 0.250. The molecule has 0 unspecified atom stereocenters. The first kappa shape index (κ1) is 16.5. The molecule has 0 atom stereocenters. The maximum Gasteiger partial charge on any atom is 0.295 e. The lowest BCUT2D eigenvalue weighted by molar-refractivity contribution is -0.384. The summed E-state index contributed by atoms with van der Waals surface area (Å²) in [5, 5.41) is 14.0. The SMILES string of the molecule is COc1ccc(CNc2cc(OC)c(F)cc2[N+](=O)[O-])cc1C. The molecule has 0 heterocycles. The van der Waals surface area contributed by atoms with Crippen molar-refractivity contribution in [3.63, 3.8) is 0 Å². The van der Waals surface area contributed by atoms with Gasteiger partial charge in [0, 0.05) is 12.6 Å². The smallest absolute Gasteiger partial charge is 0.295 e. The molecule has 7 heteroatoms. The number of methoxy groups -OCH3 is 2. The average molecular weight is 320 g/mol. The summed E-state index contributed by atoms with van der Waals surface area (Å²) in [4.78, 5) is 10.4. The molecule has 23 heavy (non-hydrogen) atoms. The van der Waals surface area contributed by atoms with Crippen molar-refractivity contribution in [1.29, 1.82) is 0 Å². The quantitative estimate of drug-likeness (QED) is 0.649. The van der Waals surface area contributed by atoms with Gasteiger partial charge in [0.15, 0.2) is 11.6 Å². The van der Waals surface area contributed by atoms with Gasteiger partial charge in [0.05, 0.1) is 25.2 Å². The van der Waals surface area contributed by atoms with Gasteiger partial charge in [-0.1, -0.05) is 12.1 Å². The molecule has 0 saturated carbocycles. The van der Waals surface area contributed by atoms with E-state index in [-0.39, 0.29) is 17.1 Å². The molecular formula is C16H17FN2O4. The molecule has 2 aromatic rings. The molecule has 0 aliphatic rings. The van der Waals surface area contributed by atoms with E-state index >= 15 is 0 Å². The van der Waals surface area contributed by atoms with Crippen molar-refractivity contribution >= 4 is 11.4 Å². The molecular weight excluding hydrogens is 303 g/mol. The summed E-state index contributed by atoms with van der Waals surface area (Å²) in [6.45, 7) is 2.26. The second-order valence-electron chi connectivity index (χ2n) is 4.92. The fourth-order valence-corrected chi connectivity index (χ4v) is 2.24. The lowest BCUT2D eigenvalue weighted by atomic mass is 10.1. The molecule has 0 amide bonds. The van der Waals surface area contributed by atoms with E-state index in [1.807, 2.05) is 25.1 Å². The molecule has 0 aliphatic carbocycles. The van der Waals surface area contributed by atoms with Gasteiger partial charge in [-0.05, 0) is 24.1 Å². The van der Waals surface area contributed by atoms with Gasteiger partial charge < -0.3 is 14.8 Å². The maximum absolute atomic E-state index is 13.6. The van der Waals surface area contributed by atoms with Crippen LogP contribution in [0.1, 0.15) is 11.1 Å². The summed E-state index contributed by atoms with van der Waals surface area (Å²) in [5.74, 6) is -0.0581. The number of aryl methyl sites for hydroxylation is 1. The zero-order valence-corrected chi connectivity index (χ0v) is 13.1. The van der Waals surface area contributed by atoms with Crippen molar-refractivity contribution in [2.45, 2.75) is 13.5 Å². The molecule has 0 fully saturated rings. The van der Waals surface area contributed by atoms with Crippen LogP contribution in [0.4, 0.5) is 15.8 Å². The standard InChI is InChI=1S/C16H17FN2O4/c1-10-6-11(4-5-15(10)22-2)9-18-13-8-16(23-3)12(17)7-14(13)19(20)21/h4-8,18H,9H2,1-3H3. The minimum atomic E-state index is -0.773. The molecule has 2 aromatic carbocycles. The zero-order chi connectivity index (χ0) is 17.0. The molecule has 0 spiro atoms. The third-order valence-electron chi connectivity index (χ3n) is 3.41. The number of ether oxygens (including phenoxy) is 2. The number of nitro groups is 1. The number of halogens is 1. The highest BCUT2D eigenvalue weighted by molar-refractivity contribution is 5.64. The predicted octanol–water partition coefficient (Wildman–Crippen LogP) is 3.67. The second kappa shape index (κ2) is 6.95. The molecule has 0 saturated heterocycles. The molecule has 6 nitrogen and oxygen atoms in total. The molecule has 0 aliphatic heterocycles. The number of benzene rings is 2. The number of hydrogen-bond acceptors (Lipinski definition) is 5. The van der Waals surface area contributed by atoms with Gasteiger partial charge in [-0.2, -0.15) is 0 Å². The minimum Gasteiger partial charge on any atom is -0.496 e. The van der Waals surface area contributed by atoms with Gasteiger partial charge in [0.2, 0.25) is 0 Å². The van der Waals surface area contributed by atoms with E-state index in [0.29, 0.717) is 6.54 Å². The van der Waals surface area contributed by atoms with Gasteiger partial charge in [-0.15, -0.1) is 0 Å². The van der Waals surface area contributed by atoms with Crippen molar-refractivity contribution in [3.05, 3.63) is 57.4 Å². The van der Waals surface area contributed by atoms with Crippen LogP contribution in [0.2, 0.25) is 0 Å². The molecule has 0 aromatic heterocycles. The Bertz CT molecular complexity index is 734. The summed E-state index contributed by atoms with van der Waals surface area (Å²) < 4.78 is 23.7. The lowest BCUT2D eigenvalue weighted by Crippen LogP contribution is -2.04. The summed E-state index contributed by atoms with van der Waals surface area (Å²) in [7, 11) is 2.90. The van der Waals surface area contributed by atoms with Crippen LogP contribution >= 0.6 is 0 Å². The normalized spacial score (nSPS) is 10.3. The van der Waals surface area contributed by atoms with Crippen LogP contribution in [0.3, 0.4) is 0 Å². The fourth-order valence-electron chi connectivity index (χ4n) is 2.24. The van der Waals surface area contributed by atoms with Crippen molar-refractivity contribution in [1.82, 2.24) is 0 Å². The highest BCUT2D eigenvalue weighted by atomic mass is 19.1. The van der Waals surface area contributed by atoms with Crippen molar-refractivity contribution in [2.24, 2.45) is 0 Å². The molecule has 0 bridgehead atoms. The third kappa shape index (κ3) is 3.68. The Morgan fingerprint density at radius 2 is 1.87 bits per heavy atom. The molecule has 0 radical (unpaired) electrons. The van der Waals surface area contributed by atoms with Crippen LogP contribution in [-0.4, -0.2) is 19.1 Å². The first-order valence-corrected chi connectivity index (χ1v) is 6.85. The Hall–Kier alpha value is -2.83. The number of nitro benzene ring substituents is 1. The summed E-state index contributed by atoms with van der Waals surface area (Å²) >= 11 is 0. The Kier molecular flexibility index (Phi) is 5.00. The van der Waals surface area contributed by atoms with E-state index in [2.05, 4.69) is 5.32 Å². The Morgan fingerprint density at radius 3 is 2.43 bits per heavy atom. The third-order valence-corrected chi connectivity index (χ3v) is 3.41. The predicted molar refractivity (Wildman–Crippen MR) is 84.7 cm³/mol. The van der Waals surface area contributed by atoms with Crippen LogP contribution < -0.4 is 14.8 Å². The lowest BCUT2D eigenvalue weighted by Gasteiger charge is -2.11. The first-order valence-electron chi connectivity index (χ1n) is 6.85. The van der Waals surface area contributed by atoms with E-state index < -0.39 is 10.7 Å². The number of nitrogens with one attached hydrogen (secondary N) is 1. The molecule has 122 valence electrons. The average Bonchev–Trinajstić information content (AvgIpc) is 2.53. The number of nitrogens with zero attached hydrogens (tertiary/aromatic N) is 1. The second-order valence-corrected chi connectivity index (χ2v) is 4.92. The maximum atomic E-state index is 13.6. The highest BCUT2D eigenvalue weighted by Gasteiger charge is 2.18. The largest absolute Gasteiger partial charge is 0.496 e. The van der Waals surface area contributed by atoms with Crippen molar-refractivity contribution in [3.8, 4) is 11.5 Å². The van der Waals surface area contributed by atoms with E-state index in [1.54, 1.807) is 7.11 Å². The monoisotopic (exact) mass is 320 g/mol.